The first kappa shape index (κ1) is 15.4. The van der Waals surface area contributed by atoms with Crippen molar-refractivity contribution in [3.63, 3.8) is 0 Å². The van der Waals surface area contributed by atoms with Gasteiger partial charge in [-0.15, -0.1) is 0 Å². The second-order valence-electron chi connectivity index (χ2n) is 5.26. The maximum atomic E-state index is 12.3. The van der Waals surface area contributed by atoms with Crippen LogP contribution in [0.25, 0.3) is 0 Å². The van der Waals surface area contributed by atoms with Crippen LogP contribution in [0.2, 0.25) is 0 Å². The molecule has 4 nitrogen and oxygen atoms in total. The van der Waals surface area contributed by atoms with E-state index >= 15 is 0 Å². The summed E-state index contributed by atoms with van der Waals surface area (Å²) in [5.41, 5.74) is 8.13. The molecule has 2 aromatic rings. The molecule has 0 aliphatic heterocycles. The second kappa shape index (κ2) is 7.18. The van der Waals surface area contributed by atoms with E-state index in [-0.39, 0.29) is 5.78 Å². The van der Waals surface area contributed by atoms with Crippen LogP contribution in [0.15, 0.2) is 36.5 Å². The minimum Gasteiger partial charge on any atom is -0.326 e. The third kappa shape index (κ3) is 3.79. The van der Waals surface area contributed by atoms with Gasteiger partial charge in [-0.2, -0.15) is 5.10 Å². The standard InChI is InChI=1S/C17H23N3O/c1-3-16(4-2)20-10-9-15(19-20)11-17(21)14-7-5-13(12-18)6-8-14/h5-10,16H,3-4,11-12,18H2,1-2H3. The first-order chi connectivity index (χ1) is 10.2. The molecule has 1 heterocycles. The molecule has 0 atom stereocenters. The Morgan fingerprint density at radius 1 is 1.19 bits per heavy atom. The molecule has 0 aliphatic carbocycles. The van der Waals surface area contributed by atoms with Crippen molar-refractivity contribution in [3.8, 4) is 0 Å². The lowest BCUT2D eigenvalue weighted by atomic mass is 10.0. The van der Waals surface area contributed by atoms with E-state index in [1.54, 1.807) is 0 Å². The van der Waals surface area contributed by atoms with Crippen molar-refractivity contribution in [2.24, 2.45) is 5.73 Å². The molecule has 0 unspecified atom stereocenters. The largest absolute Gasteiger partial charge is 0.326 e. The van der Waals surface area contributed by atoms with Crippen molar-refractivity contribution in [3.05, 3.63) is 53.3 Å². The third-order valence-corrected chi connectivity index (χ3v) is 3.83. The Kier molecular flexibility index (Phi) is 5.28. The van der Waals surface area contributed by atoms with Gasteiger partial charge >= 0.3 is 0 Å². The molecule has 2 N–H and O–H groups in total. The van der Waals surface area contributed by atoms with E-state index in [0.29, 0.717) is 24.6 Å². The van der Waals surface area contributed by atoms with Crippen molar-refractivity contribution in [2.45, 2.75) is 45.7 Å². The molecule has 0 spiro atoms. The molecule has 4 heteroatoms. The van der Waals surface area contributed by atoms with E-state index in [0.717, 1.165) is 24.1 Å². The molecular formula is C17H23N3O. The predicted octanol–water partition coefficient (Wildman–Crippen LogP) is 3.13. The molecular weight excluding hydrogens is 262 g/mol. The maximum Gasteiger partial charge on any atom is 0.168 e. The number of carbonyl (C=O) groups excluding carboxylic acids is 1. The number of nitrogens with zero attached hydrogens (tertiary/aromatic N) is 2. The van der Waals surface area contributed by atoms with Gasteiger partial charge in [-0.1, -0.05) is 38.1 Å². The highest BCUT2D eigenvalue weighted by molar-refractivity contribution is 5.97. The molecule has 1 aromatic heterocycles. The van der Waals surface area contributed by atoms with E-state index < -0.39 is 0 Å². The highest BCUT2D eigenvalue weighted by Crippen LogP contribution is 2.15. The molecule has 2 rings (SSSR count). The summed E-state index contributed by atoms with van der Waals surface area (Å²) in [7, 11) is 0. The Hall–Kier alpha value is -1.94. The first-order valence-corrected chi connectivity index (χ1v) is 7.54. The van der Waals surface area contributed by atoms with Crippen molar-refractivity contribution in [1.82, 2.24) is 9.78 Å². The number of ketones is 1. The van der Waals surface area contributed by atoms with Crippen molar-refractivity contribution < 1.29 is 4.79 Å². The van der Waals surface area contributed by atoms with Gasteiger partial charge in [-0.25, -0.2) is 0 Å². The van der Waals surface area contributed by atoms with Crippen LogP contribution < -0.4 is 5.73 Å². The topological polar surface area (TPSA) is 60.9 Å². The van der Waals surface area contributed by atoms with Gasteiger partial charge in [-0.05, 0) is 24.5 Å². The van der Waals surface area contributed by atoms with Gasteiger partial charge in [0.1, 0.15) is 0 Å². The number of rotatable bonds is 7. The third-order valence-electron chi connectivity index (χ3n) is 3.83. The number of benzene rings is 1. The summed E-state index contributed by atoms with van der Waals surface area (Å²) in [6.07, 6.45) is 4.41. The summed E-state index contributed by atoms with van der Waals surface area (Å²) >= 11 is 0. The Morgan fingerprint density at radius 2 is 1.86 bits per heavy atom. The lowest BCUT2D eigenvalue weighted by Gasteiger charge is -2.12. The first-order valence-electron chi connectivity index (χ1n) is 7.54. The van der Waals surface area contributed by atoms with E-state index in [1.165, 1.54) is 0 Å². The SMILES string of the molecule is CCC(CC)n1ccc(CC(=O)c2ccc(CN)cc2)n1. The van der Waals surface area contributed by atoms with Crippen molar-refractivity contribution >= 4 is 5.78 Å². The number of carbonyl (C=O) groups is 1. The van der Waals surface area contributed by atoms with Gasteiger partial charge in [0.25, 0.3) is 0 Å². The van der Waals surface area contributed by atoms with Crippen LogP contribution in [0.1, 0.15) is 54.3 Å². The smallest absolute Gasteiger partial charge is 0.168 e. The fourth-order valence-electron chi connectivity index (χ4n) is 2.43. The van der Waals surface area contributed by atoms with Crippen LogP contribution in [-0.4, -0.2) is 15.6 Å². The summed E-state index contributed by atoms with van der Waals surface area (Å²) < 4.78 is 1.97. The number of Topliss-reactive ketones (excluding diaryl/α,β-unsaturated/α-hetero) is 1. The molecule has 0 radical (unpaired) electrons. The normalized spacial score (nSPS) is 11.0. The average Bonchev–Trinajstić information content (AvgIpc) is 2.97. The number of aromatic nitrogens is 2. The van der Waals surface area contributed by atoms with Gasteiger partial charge < -0.3 is 5.73 Å². The van der Waals surface area contributed by atoms with Gasteiger partial charge in [0.05, 0.1) is 18.2 Å². The van der Waals surface area contributed by atoms with Gasteiger partial charge in [-0.3, -0.25) is 9.48 Å². The fraction of sp³-hybridized carbons (Fsp3) is 0.412. The van der Waals surface area contributed by atoms with E-state index in [4.69, 9.17) is 5.73 Å². The average molecular weight is 285 g/mol. The van der Waals surface area contributed by atoms with E-state index in [1.807, 2.05) is 41.2 Å². The molecule has 0 fully saturated rings. The summed E-state index contributed by atoms with van der Waals surface area (Å²) in [4.78, 5) is 12.3. The second-order valence-corrected chi connectivity index (χ2v) is 5.26. The van der Waals surface area contributed by atoms with Crippen molar-refractivity contribution in [1.29, 1.82) is 0 Å². The molecule has 21 heavy (non-hydrogen) atoms. The Bertz CT molecular complexity index is 582. The molecule has 1 aromatic carbocycles. The van der Waals surface area contributed by atoms with Crippen LogP contribution in [0.3, 0.4) is 0 Å². The highest BCUT2D eigenvalue weighted by atomic mass is 16.1. The lowest BCUT2D eigenvalue weighted by Crippen LogP contribution is -2.09. The summed E-state index contributed by atoms with van der Waals surface area (Å²) in [6.45, 7) is 4.80. The van der Waals surface area contributed by atoms with Crippen LogP contribution >= 0.6 is 0 Å². The monoisotopic (exact) mass is 285 g/mol. The zero-order valence-corrected chi connectivity index (χ0v) is 12.7. The minimum atomic E-state index is 0.0911. The zero-order chi connectivity index (χ0) is 15.2. The number of nitrogens with two attached hydrogens (primary N) is 1. The Morgan fingerprint density at radius 3 is 2.43 bits per heavy atom. The molecule has 0 aliphatic rings. The molecule has 0 bridgehead atoms. The highest BCUT2D eigenvalue weighted by Gasteiger charge is 2.12. The van der Waals surface area contributed by atoms with Crippen LogP contribution in [0.4, 0.5) is 0 Å². The van der Waals surface area contributed by atoms with Gasteiger partial charge in [0, 0.05) is 18.3 Å². The molecule has 0 amide bonds. The Balaban J connectivity index is 2.05. The summed E-state index contributed by atoms with van der Waals surface area (Å²) in [5, 5.41) is 4.53. The van der Waals surface area contributed by atoms with Gasteiger partial charge in [0.15, 0.2) is 5.78 Å². The quantitative estimate of drug-likeness (QED) is 0.795. The molecule has 112 valence electrons. The maximum absolute atomic E-state index is 12.3. The lowest BCUT2D eigenvalue weighted by molar-refractivity contribution is 0.0991. The molecule has 0 saturated carbocycles. The molecule has 0 saturated heterocycles. The number of hydrogen-bond donors (Lipinski definition) is 1. The zero-order valence-electron chi connectivity index (χ0n) is 12.7. The fourth-order valence-corrected chi connectivity index (χ4v) is 2.43. The summed E-state index contributed by atoms with van der Waals surface area (Å²) in [6, 6.07) is 9.82. The number of hydrogen-bond acceptors (Lipinski definition) is 3. The summed E-state index contributed by atoms with van der Waals surface area (Å²) in [5.74, 6) is 0.0911. The van der Waals surface area contributed by atoms with Crippen LogP contribution in [-0.2, 0) is 13.0 Å². The predicted molar refractivity (Wildman–Crippen MR) is 84.2 cm³/mol. The van der Waals surface area contributed by atoms with Crippen molar-refractivity contribution in [2.75, 3.05) is 0 Å². The van der Waals surface area contributed by atoms with Gasteiger partial charge in [0.2, 0.25) is 0 Å². The van der Waals surface area contributed by atoms with Crippen LogP contribution in [0.5, 0.6) is 0 Å². The van der Waals surface area contributed by atoms with E-state index in [9.17, 15) is 4.79 Å². The van der Waals surface area contributed by atoms with E-state index in [2.05, 4.69) is 18.9 Å². The van der Waals surface area contributed by atoms with Crippen LogP contribution in [0, 0.1) is 0 Å². The minimum absolute atomic E-state index is 0.0911. The Labute approximate surface area is 126 Å².